The van der Waals surface area contributed by atoms with Crippen molar-refractivity contribution in [1.29, 1.82) is 0 Å². The predicted octanol–water partition coefficient (Wildman–Crippen LogP) is 31.2. The minimum Gasteiger partial charge on any atom is -0.311 e. The molecule has 0 atom stereocenters. The molecule has 8 aliphatic rings. The smallest absolute Gasteiger partial charge is 0.252 e. The Bertz CT molecular complexity index is 8150. The van der Waals surface area contributed by atoms with Crippen LogP contribution < -0.4 is 83.5 Å². The Morgan fingerprint density at radius 3 is 0.896 bits per heavy atom. The van der Waals surface area contributed by atoms with Crippen LogP contribution in [0, 0.1) is 0 Å². The SMILES string of the molecule is [2H]c1c([2H])c([2H])c(N(c2cc3c4c(c2)N(c2ccc(C(C)(C)C)cc2)c2ccc(C(C)(C)C)cc2B4c2cc(C(C)(C)C)ccc2N3c2ccc(C(C)(C)C)cc2)c2c([2H])c([2H])c([2H])c([2H])c2[2H])c([2H])c1[2H].c1ccc(N2c3ccccc3B3c4ccc5ccccc5c4N(c4ccccc4)c4cc(C5CCCCC5)cc2c43)cc1.c1ccc(N2c3ccccc3B3c4ccccc4N(c4ccccc4)c4cc(C5CCCCC5)cc2c43)cc1. The summed E-state index contributed by atoms with van der Waals surface area (Å²) in [6.45, 7) is 26.4. The number of para-hydroxylation sites is 9. The molecule has 2 aliphatic carbocycles. The monoisotopic (exact) mass is 1880 g/mol. The second-order valence-electron chi connectivity index (χ2n) is 44.5. The van der Waals surface area contributed by atoms with Gasteiger partial charge < -0.3 is 34.3 Å². The van der Waals surface area contributed by atoms with E-state index in [1.165, 1.54) is 192 Å². The van der Waals surface area contributed by atoms with Crippen molar-refractivity contribution in [1.82, 2.24) is 0 Å². The third kappa shape index (κ3) is 16.3. The summed E-state index contributed by atoms with van der Waals surface area (Å²) < 4.78 is 90.4. The average Bonchev–Trinajstić information content (AvgIpc) is 0.694. The maximum absolute atomic E-state index is 9.42. The van der Waals surface area contributed by atoms with Crippen molar-refractivity contribution < 1.29 is 13.7 Å². The van der Waals surface area contributed by atoms with Crippen molar-refractivity contribution >= 4 is 200 Å². The Hall–Kier alpha value is -15.0. The summed E-state index contributed by atoms with van der Waals surface area (Å²) in [7, 11) is 0. The number of rotatable bonds is 11. The van der Waals surface area contributed by atoms with Crippen LogP contribution in [0.15, 0.2) is 412 Å². The Labute approximate surface area is 868 Å². The van der Waals surface area contributed by atoms with E-state index < -0.39 is 60.4 Å². The summed E-state index contributed by atoms with van der Waals surface area (Å²) in [6, 6.07) is 123. The number of anilines is 21. The highest BCUT2D eigenvalue weighted by atomic mass is 15.2. The molecule has 2 saturated carbocycles. The third-order valence-corrected chi connectivity index (χ3v) is 31.4. The number of hydrogen-bond acceptors (Lipinski definition) is 7. The van der Waals surface area contributed by atoms with Crippen LogP contribution >= 0.6 is 0 Å². The zero-order valence-corrected chi connectivity index (χ0v) is 84.6. The lowest BCUT2D eigenvalue weighted by Gasteiger charge is -2.45. The molecule has 6 heterocycles. The van der Waals surface area contributed by atoms with Gasteiger partial charge in [0.05, 0.1) is 19.4 Å². The molecule has 7 nitrogen and oxygen atoms in total. The van der Waals surface area contributed by atoms with Gasteiger partial charge in [0.25, 0.3) is 20.1 Å². The third-order valence-electron chi connectivity index (χ3n) is 31.4. The first-order chi connectivity index (χ1) is 74.2. The van der Waals surface area contributed by atoms with Gasteiger partial charge in [-0.05, 0) is 311 Å². The van der Waals surface area contributed by atoms with Gasteiger partial charge in [0.15, 0.2) is 0 Å². The predicted molar refractivity (Wildman–Crippen MR) is 620 cm³/mol. The van der Waals surface area contributed by atoms with Gasteiger partial charge in [-0.15, -0.1) is 0 Å². The molecule has 6 aliphatic heterocycles. The highest BCUT2D eigenvalue weighted by Gasteiger charge is 2.49. The Morgan fingerprint density at radius 2 is 0.528 bits per heavy atom. The van der Waals surface area contributed by atoms with Crippen molar-refractivity contribution in [3.05, 3.63) is 446 Å². The zero-order valence-electron chi connectivity index (χ0n) is 94.6. The van der Waals surface area contributed by atoms with Gasteiger partial charge >= 0.3 is 0 Å². The molecule has 0 unspecified atom stereocenters. The summed E-state index contributed by atoms with van der Waals surface area (Å²) in [5.41, 5.74) is 38.1. The average molecular weight is 1880 g/mol. The molecule has 0 saturated heterocycles. The highest BCUT2D eigenvalue weighted by molar-refractivity contribution is 7.02. The molecule has 0 N–H and O–H groups in total. The van der Waals surface area contributed by atoms with Gasteiger partial charge in [-0.25, -0.2) is 0 Å². The minimum absolute atomic E-state index is 0.143. The fourth-order valence-corrected chi connectivity index (χ4v) is 24.3. The van der Waals surface area contributed by atoms with Crippen molar-refractivity contribution in [3.63, 3.8) is 0 Å². The van der Waals surface area contributed by atoms with E-state index in [2.05, 4.69) is 452 Å². The summed E-state index contributed by atoms with van der Waals surface area (Å²) in [5, 5.41) is 2.59. The molecular weight excluding hydrogens is 1740 g/mol. The molecule has 0 radical (unpaired) electrons. The molecule has 2 fully saturated rings. The van der Waals surface area contributed by atoms with E-state index in [1.54, 1.807) is 0 Å². The lowest BCUT2D eigenvalue weighted by Crippen LogP contribution is -2.61. The first-order valence-corrected chi connectivity index (χ1v) is 51.9. The number of hydrogen-bond donors (Lipinski definition) is 0. The van der Waals surface area contributed by atoms with Crippen LogP contribution in [-0.4, -0.2) is 20.1 Å². The summed E-state index contributed by atoms with van der Waals surface area (Å²) in [5.74, 6) is 1.21. The van der Waals surface area contributed by atoms with E-state index >= 15 is 0 Å². The molecule has 706 valence electrons. The van der Waals surface area contributed by atoms with E-state index in [4.69, 9.17) is 8.22 Å². The minimum atomic E-state index is -0.629. The van der Waals surface area contributed by atoms with Gasteiger partial charge in [-0.2, -0.15) is 0 Å². The van der Waals surface area contributed by atoms with E-state index in [0.29, 0.717) is 23.2 Å². The van der Waals surface area contributed by atoms with Crippen molar-refractivity contribution in [2.45, 2.75) is 181 Å². The highest BCUT2D eigenvalue weighted by Crippen LogP contribution is 2.55. The number of nitrogens with zero attached hydrogens (tertiary/aromatic N) is 7. The van der Waals surface area contributed by atoms with Crippen LogP contribution in [0.5, 0.6) is 0 Å². The first kappa shape index (κ1) is 80.5. The van der Waals surface area contributed by atoms with E-state index in [1.807, 2.05) is 12.1 Å². The molecular formula is C134H126B3N7. The van der Waals surface area contributed by atoms with E-state index in [0.717, 1.165) is 61.4 Å². The van der Waals surface area contributed by atoms with Crippen LogP contribution in [0.3, 0.4) is 0 Å². The fraction of sp³-hybridized carbons (Fsp3) is 0.209. The van der Waals surface area contributed by atoms with Crippen molar-refractivity contribution in [3.8, 4) is 0 Å². The van der Waals surface area contributed by atoms with E-state index in [-0.39, 0.29) is 58.9 Å². The molecule has 0 aromatic heterocycles. The topological polar surface area (TPSA) is 22.7 Å². The van der Waals surface area contributed by atoms with Crippen molar-refractivity contribution in [2.75, 3.05) is 34.3 Å². The van der Waals surface area contributed by atoms with Gasteiger partial charge in [-0.3, -0.25) is 0 Å². The maximum Gasteiger partial charge on any atom is 0.252 e. The number of fused-ring (bicyclic) bond motifs is 14. The second kappa shape index (κ2) is 36.8. The lowest BCUT2D eigenvalue weighted by molar-refractivity contribution is 0.444. The second-order valence-corrected chi connectivity index (χ2v) is 44.5. The standard InChI is InChI=1S/C58H62BN3.C40H33BN2.C36H31BN2/c1-55(2,3)39-23-29-45(30-24-39)61-50-33-27-41(57(7,8)9)35-48(50)59-49-36-42(58(10,11)12)28-34-51(49)62(46-31-25-40(26-32-46)56(4,5)6)53-38-47(37-52(61)54(53)59)60(43-19-15-13-16-20-43)44-21-17-14-18-22-44;1-4-14-28(15-5-1)30-26-37-39-38(27-30)43(32-19-8-3-9-20-32)40-33-21-11-10-16-29(33)24-25-35(40)41(39)34-22-12-13-23-36(34)42(37)31-17-6-2-7-18-31;1-4-14-26(15-5-1)27-24-34-36-35(25-27)39(29-18-8-3-9-19-29)33-23-13-11-21-31(33)37(36)30-20-10-12-22-32(30)38(34)28-16-6-2-7-17-28/h13-38H,1-12H3;2-3,6-13,16-28H,1,4-5,14-15H2;2-3,6-13,16-26H,1,4-5,14-15H2/i13D,14D,15D,16D,17D,18D,19D,20D,21D,22D;;. The van der Waals surface area contributed by atoms with Gasteiger partial charge in [-0.1, -0.05) is 370 Å². The number of benzene rings is 18. The summed E-state index contributed by atoms with van der Waals surface area (Å²) in [4.78, 5) is 15.9. The fourth-order valence-electron chi connectivity index (χ4n) is 24.3. The van der Waals surface area contributed by atoms with Crippen LogP contribution in [0.25, 0.3) is 10.8 Å². The first-order valence-electron chi connectivity index (χ1n) is 56.9. The van der Waals surface area contributed by atoms with Gasteiger partial charge in [0, 0.05) is 119 Å². The van der Waals surface area contributed by atoms with Crippen LogP contribution in [0.4, 0.5) is 119 Å². The Morgan fingerprint density at radius 1 is 0.236 bits per heavy atom. The molecule has 0 bridgehead atoms. The van der Waals surface area contributed by atoms with Gasteiger partial charge in [0.2, 0.25) is 0 Å². The molecule has 0 spiro atoms. The largest absolute Gasteiger partial charge is 0.311 e. The molecule has 18 aromatic carbocycles. The molecule has 10 heteroatoms. The van der Waals surface area contributed by atoms with Crippen LogP contribution in [-0.2, 0) is 21.7 Å². The molecule has 0 amide bonds. The molecule has 144 heavy (non-hydrogen) atoms. The van der Waals surface area contributed by atoms with E-state index in [9.17, 15) is 5.48 Å². The van der Waals surface area contributed by atoms with Gasteiger partial charge in [0.1, 0.15) is 0 Å². The van der Waals surface area contributed by atoms with Crippen LogP contribution in [0.1, 0.15) is 206 Å². The van der Waals surface area contributed by atoms with Crippen molar-refractivity contribution in [2.24, 2.45) is 0 Å². The maximum atomic E-state index is 9.42. The molecule has 18 aromatic rings. The lowest BCUT2D eigenvalue weighted by atomic mass is 9.33. The quantitative estimate of drug-likeness (QED) is 0.119. The Kier molecular flexibility index (Phi) is 20.6. The summed E-state index contributed by atoms with van der Waals surface area (Å²) >= 11 is 0. The zero-order chi connectivity index (χ0) is 107. The Balaban J connectivity index is 0.000000130. The molecule has 26 rings (SSSR count). The normalized spacial score (nSPS) is 15.9. The summed E-state index contributed by atoms with van der Waals surface area (Å²) in [6.07, 6.45) is 13.1. The van der Waals surface area contributed by atoms with Crippen LogP contribution in [0.2, 0.25) is 0 Å².